The summed E-state index contributed by atoms with van der Waals surface area (Å²) in [4.78, 5) is 16.1. The van der Waals surface area contributed by atoms with Crippen molar-refractivity contribution >= 4 is 17.3 Å². The lowest BCUT2D eigenvalue weighted by atomic mass is 10.2. The number of aryl methyl sites for hydroxylation is 1. The van der Waals surface area contributed by atoms with Crippen LogP contribution in [0.3, 0.4) is 0 Å². The molecule has 1 aromatic rings. The van der Waals surface area contributed by atoms with Gasteiger partial charge in [-0.05, 0) is 19.8 Å². The fourth-order valence-electron chi connectivity index (χ4n) is 1.96. The van der Waals surface area contributed by atoms with Crippen LogP contribution in [-0.4, -0.2) is 41.5 Å². The van der Waals surface area contributed by atoms with Crippen LogP contribution in [0.4, 0.5) is 0 Å². The van der Waals surface area contributed by atoms with Crippen molar-refractivity contribution in [1.29, 1.82) is 0 Å². The van der Waals surface area contributed by atoms with Crippen molar-refractivity contribution in [1.82, 2.24) is 4.98 Å². The highest BCUT2D eigenvalue weighted by Gasteiger charge is 2.30. The molecule has 2 rings (SSSR count). The number of nitrogens with zero attached hydrogens (tertiary/aromatic N) is 1. The van der Waals surface area contributed by atoms with Crippen LogP contribution in [0.5, 0.6) is 0 Å². The van der Waals surface area contributed by atoms with Gasteiger partial charge in [-0.1, -0.05) is 0 Å². The Morgan fingerprint density at radius 2 is 2.50 bits per heavy atom. The molecule has 1 fully saturated rings. The highest BCUT2D eigenvalue weighted by molar-refractivity contribution is 7.09. The van der Waals surface area contributed by atoms with Crippen LogP contribution in [0, 0.1) is 6.92 Å². The average Bonchev–Trinajstić information content (AvgIpc) is 2.94. The third-order valence-corrected chi connectivity index (χ3v) is 4.00. The molecule has 1 aliphatic heterocycles. The first-order chi connectivity index (χ1) is 8.66. The number of ether oxygens (including phenoxy) is 2. The average molecular weight is 271 g/mol. The molecular formula is C12H17NO4S. The quantitative estimate of drug-likeness (QED) is 0.797. The van der Waals surface area contributed by atoms with E-state index in [1.165, 1.54) is 4.88 Å². The standard InChI is InChI=1S/C12H17NO4S/c1-8-11(18-7-13-8)4-5-16-6-9-2-3-10(17-9)12(14)15/h7,9-10H,2-6H2,1H3,(H,14,15). The van der Waals surface area contributed by atoms with Crippen LogP contribution in [0.1, 0.15) is 23.4 Å². The molecule has 18 heavy (non-hydrogen) atoms. The number of hydrogen-bond acceptors (Lipinski definition) is 5. The normalized spacial score (nSPS) is 23.4. The van der Waals surface area contributed by atoms with Crippen molar-refractivity contribution in [2.45, 2.75) is 38.4 Å². The molecule has 0 bridgehead atoms. The minimum Gasteiger partial charge on any atom is -0.479 e. The second-order valence-electron chi connectivity index (χ2n) is 4.35. The van der Waals surface area contributed by atoms with Crippen LogP contribution < -0.4 is 0 Å². The fourth-order valence-corrected chi connectivity index (χ4v) is 2.72. The highest BCUT2D eigenvalue weighted by atomic mass is 32.1. The summed E-state index contributed by atoms with van der Waals surface area (Å²) in [7, 11) is 0. The lowest BCUT2D eigenvalue weighted by molar-refractivity contribution is -0.150. The van der Waals surface area contributed by atoms with Gasteiger partial charge in [0.2, 0.25) is 0 Å². The van der Waals surface area contributed by atoms with E-state index in [0.29, 0.717) is 19.6 Å². The Morgan fingerprint density at radius 1 is 1.67 bits per heavy atom. The number of thiazole rings is 1. The number of aliphatic carboxylic acids is 1. The van der Waals surface area contributed by atoms with Gasteiger partial charge in [-0.3, -0.25) is 0 Å². The van der Waals surface area contributed by atoms with Crippen molar-refractivity contribution in [2.75, 3.05) is 13.2 Å². The molecule has 1 aromatic heterocycles. The highest BCUT2D eigenvalue weighted by Crippen LogP contribution is 2.20. The minimum absolute atomic E-state index is 0.0753. The van der Waals surface area contributed by atoms with Gasteiger partial charge >= 0.3 is 5.97 Å². The third kappa shape index (κ3) is 3.51. The van der Waals surface area contributed by atoms with E-state index in [2.05, 4.69) is 4.98 Å². The summed E-state index contributed by atoms with van der Waals surface area (Å²) < 4.78 is 10.9. The zero-order valence-electron chi connectivity index (χ0n) is 10.3. The first-order valence-corrected chi connectivity index (χ1v) is 6.89. The largest absolute Gasteiger partial charge is 0.479 e. The lowest BCUT2D eigenvalue weighted by Crippen LogP contribution is -2.23. The van der Waals surface area contributed by atoms with Gasteiger partial charge < -0.3 is 14.6 Å². The van der Waals surface area contributed by atoms with Crippen LogP contribution in [0.15, 0.2) is 5.51 Å². The molecule has 2 unspecified atom stereocenters. The van der Waals surface area contributed by atoms with Crippen LogP contribution in [0.25, 0.3) is 0 Å². The molecular weight excluding hydrogens is 254 g/mol. The lowest BCUT2D eigenvalue weighted by Gasteiger charge is -2.11. The minimum atomic E-state index is -0.877. The van der Waals surface area contributed by atoms with Crippen molar-refractivity contribution < 1.29 is 19.4 Å². The van der Waals surface area contributed by atoms with E-state index in [1.54, 1.807) is 11.3 Å². The maximum Gasteiger partial charge on any atom is 0.332 e. The summed E-state index contributed by atoms with van der Waals surface area (Å²) in [5.74, 6) is -0.877. The van der Waals surface area contributed by atoms with Gasteiger partial charge in [0, 0.05) is 11.3 Å². The van der Waals surface area contributed by atoms with E-state index in [-0.39, 0.29) is 6.10 Å². The van der Waals surface area contributed by atoms with Gasteiger partial charge in [0.15, 0.2) is 6.10 Å². The van der Waals surface area contributed by atoms with E-state index < -0.39 is 12.1 Å². The maximum atomic E-state index is 10.7. The molecule has 5 nitrogen and oxygen atoms in total. The topological polar surface area (TPSA) is 68.7 Å². The van der Waals surface area contributed by atoms with Crippen molar-refractivity contribution in [3.05, 3.63) is 16.1 Å². The van der Waals surface area contributed by atoms with Crippen LogP contribution in [0.2, 0.25) is 0 Å². The van der Waals surface area contributed by atoms with E-state index in [4.69, 9.17) is 14.6 Å². The molecule has 0 radical (unpaired) electrons. The van der Waals surface area contributed by atoms with Crippen LogP contribution in [-0.2, 0) is 20.7 Å². The summed E-state index contributed by atoms with van der Waals surface area (Å²) in [6.45, 7) is 3.09. The molecule has 1 N–H and O–H groups in total. The molecule has 0 aromatic carbocycles. The molecule has 100 valence electrons. The zero-order valence-corrected chi connectivity index (χ0v) is 11.1. The first-order valence-electron chi connectivity index (χ1n) is 6.02. The van der Waals surface area contributed by atoms with Gasteiger partial charge in [-0.15, -0.1) is 11.3 Å². The summed E-state index contributed by atoms with van der Waals surface area (Å²) in [6.07, 6.45) is 1.47. The summed E-state index contributed by atoms with van der Waals surface area (Å²) >= 11 is 1.64. The number of hydrogen-bond donors (Lipinski definition) is 1. The van der Waals surface area contributed by atoms with E-state index in [1.807, 2.05) is 12.4 Å². The van der Waals surface area contributed by atoms with Gasteiger partial charge in [0.05, 0.1) is 30.5 Å². The molecule has 6 heteroatoms. The summed E-state index contributed by atoms with van der Waals surface area (Å²) in [5.41, 5.74) is 2.90. The summed E-state index contributed by atoms with van der Waals surface area (Å²) in [5, 5.41) is 8.79. The zero-order chi connectivity index (χ0) is 13.0. The molecule has 0 spiro atoms. The van der Waals surface area contributed by atoms with E-state index >= 15 is 0 Å². The Labute approximate surface area is 110 Å². The third-order valence-electron chi connectivity index (χ3n) is 3.01. The SMILES string of the molecule is Cc1ncsc1CCOCC1CCC(C(=O)O)O1. The first kappa shape index (κ1) is 13.5. The smallest absolute Gasteiger partial charge is 0.332 e. The Kier molecular flexibility index (Phi) is 4.68. The number of carbonyl (C=O) groups is 1. The van der Waals surface area contributed by atoms with Gasteiger partial charge in [0.1, 0.15) is 0 Å². The van der Waals surface area contributed by atoms with Gasteiger partial charge in [-0.2, -0.15) is 0 Å². The predicted octanol–water partition coefficient (Wildman–Crippen LogP) is 1.64. The second-order valence-corrected chi connectivity index (χ2v) is 5.29. The Hall–Kier alpha value is -0.980. The summed E-state index contributed by atoms with van der Waals surface area (Å²) in [6, 6.07) is 0. The monoisotopic (exact) mass is 271 g/mol. The number of aromatic nitrogens is 1. The Balaban J connectivity index is 1.62. The number of rotatable bonds is 6. The Morgan fingerprint density at radius 3 is 3.11 bits per heavy atom. The van der Waals surface area contributed by atoms with Gasteiger partial charge in [-0.25, -0.2) is 9.78 Å². The molecule has 2 heterocycles. The fraction of sp³-hybridized carbons (Fsp3) is 0.667. The van der Waals surface area contributed by atoms with E-state index in [0.717, 1.165) is 18.5 Å². The van der Waals surface area contributed by atoms with Gasteiger partial charge in [0.25, 0.3) is 0 Å². The predicted molar refractivity (Wildman–Crippen MR) is 66.9 cm³/mol. The Bertz CT molecular complexity index is 407. The molecule has 1 aliphatic rings. The molecule has 0 amide bonds. The molecule has 2 atom stereocenters. The second kappa shape index (κ2) is 6.26. The molecule has 1 saturated heterocycles. The van der Waals surface area contributed by atoms with Crippen LogP contribution >= 0.6 is 11.3 Å². The van der Waals surface area contributed by atoms with Crippen molar-refractivity contribution in [2.24, 2.45) is 0 Å². The van der Waals surface area contributed by atoms with Crippen molar-refractivity contribution in [3.63, 3.8) is 0 Å². The maximum absolute atomic E-state index is 10.7. The number of carboxylic acid groups (broad SMARTS) is 1. The van der Waals surface area contributed by atoms with Crippen molar-refractivity contribution in [3.8, 4) is 0 Å². The van der Waals surface area contributed by atoms with E-state index in [9.17, 15) is 4.79 Å². The molecule has 0 aliphatic carbocycles. The number of carboxylic acids is 1. The molecule has 0 saturated carbocycles.